The van der Waals surface area contributed by atoms with Crippen molar-refractivity contribution in [1.82, 2.24) is 14.8 Å². The molecule has 0 bridgehead atoms. The zero-order chi connectivity index (χ0) is 19.7. The van der Waals surface area contributed by atoms with E-state index < -0.39 is 0 Å². The summed E-state index contributed by atoms with van der Waals surface area (Å²) in [6.45, 7) is 0.265. The summed E-state index contributed by atoms with van der Waals surface area (Å²) < 4.78 is 26.8. The normalized spacial score (nSPS) is 15.7. The number of hydrogen-bond acceptors (Lipinski definition) is 5. The quantitative estimate of drug-likeness (QED) is 0.646. The second kappa shape index (κ2) is 7.59. The number of aromatic nitrogens is 3. The molecule has 0 aliphatic carbocycles. The Morgan fingerprint density at radius 1 is 1.29 bits per heavy atom. The summed E-state index contributed by atoms with van der Waals surface area (Å²) in [4.78, 5) is 16.1. The van der Waals surface area contributed by atoms with E-state index in [1.165, 1.54) is 18.5 Å². The van der Waals surface area contributed by atoms with Gasteiger partial charge in [-0.25, -0.2) is 9.07 Å². The maximum atomic E-state index is 13.0. The Morgan fingerprint density at radius 3 is 2.82 bits per heavy atom. The summed E-state index contributed by atoms with van der Waals surface area (Å²) in [5.41, 5.74) is 1.66. The maximum Gasteiger partial charge on any atom is 0.229 e. The van der Waals surface area contributed by atoms with Gasteiger partial charge in [-0.1, -0.05) is 28.1 Å². The first kappa shape index (κ1) is 18.4. The molecule has 1 aliphatic rings. The van der Waals surface area contributed by atoms with Crippen LogP contribution in [0.1, 0.15) is 23.6 Å². The van der Waals surface area contributed by atoms with E-state index >= 15 is 0 Å². The molecule has 9 heteroatoms. The van der Waals surface area contributed by atoms with Gasteiger partial charge in [-0.3, -0.25) is 10.1 Å². The number of carbonyl (C=O) groups excluding carboxylic acids is 1. The van der Waals surface area contributed by atoms with Gasteiger partial charge in [-0.05, 0) is 35.4 Å². The van der Waals surface area contributed by atoms with Gasteiger partial charge in [-0.15, -0.1) is 0 Å². The number of anilines is 1. The van der Waals surface area contributed by atoms with Crippen molar-refractivity contribution >= 4 is 27.8 Å². The maximum absolute atomic E-state index is 13.0. The molecule has 1 aromatic heterocycles. The molecule has 1 atom stereocenters. The highest BCUT2D eigenvalue weighted by Gasteiger charge is 2.30. The lowest BCUT2D eigenvalue weighted by Gasteiger charge is -2.25. The molecule has 28 heavy (non-hydrogen) atoms. The molecule has 0 radical (unpaired) electrons. The van der Waals surface area contributed by atoms with Crippen LogP contribution in [0.2, 0.25) is 0 Å². The van der Waals surface area contributed by atoms with Crippen LogP contribution in [0.5, 0.6) is 11.5 Å². The summed E-state index contributed by atoms with van der Waals surface area (Å²) >= 11 is 3.56. The standard InChI is InChI=1S/C19H16BrFN4O3/c1-27-16-6-13(15-8-18(26)24-19-22-10-23-25(15)19)14(20)7-17(16)28-9-11-2-4-12(21)5-3-11/h2-7,10,15H,8-9H2,1H3,(H,22,23,24,26)/t15-/m1/s1. The number of rotatable bonds is 5. The fourth-order valence-electron chi connectivity index (χ4n) is 3.07. The third-order valence-electron chi connectivity index (χ3n) is 4.45. The minimum atomic E-state index is -0.319. The van der Waals surface area contributed by atoms with Crippen molar-refractivity contribution in [3.63, 3.8) is 0 Å². The highest BCUT2D eigenvalue weighted by Crippen LogP contribution is 2.40. The first-order valence-electron chi connectivity index (χ1n) is 8.49. The van der Waals surface area contributed by atoms with Crippen LogP contribution in [0.25, 0.3) is 0 Å². The molecule has 1 N–H and O–H groups in total. The summed E-state index contributed by atoms with van der Waals surface area (Å²) in [6.07, 6.45) is 1.63. The molecular formula is C19H16BrFN4O3. The number of methoxy groups -OCH3 is 1. The Bertz CT molecular complexity index is 1020. The second-order valence-electron chi connectivity index (χ2n) is 6.24. The lowest BCUT2D eigenvalue weighted by Crippen LogP contribution is -2.29. The van der Waals surface area contributed by atoms with Crippen molar-refractivity contribution in [3.05, 3.63) is 64.1 Å². The summed E-state index contributed by atoms with van der Waals surface area (Å²) in [5, 5.41) is 6.91. The van der Waals surface area contributed by atoms with E-state index in [9.17, 15) is 9.18 Å². The van der Waals surface area contributed by atoms with Crippen LogP contribution in [0.15, 0.2) is 47.2 Å². The van der Waals surface area contributed by atoms with E-state index in [1.54, 1.807) is 30.0 Å². The first-order chi connectivity index (χ1) is 13.5. The van der Waals surface area contributed by atoms with Gasteiger partial charge in [0.05, 0.1) is 19.6 Å². The van der Waals surface area contributed by atoms with Gasteiger partial charge in [-0.2, -0.15) is 10.1 Å². The van der Waals surface area contributed by atoms with Crippen LogP contribution >= 0.6 is 15.9 Å². The van der Waals surface area contributed by atoms with Crippen molar-refractivity contribution < 1.29 is 18.7 Å². The molecule has 2 heterocycles. The number of nitrogens with zero attached hydrogens (tertiary/aromatic N) is 3. The number of ether oxygens (including phenoxy) is 2. The highest BCUT2D eigenvalue weighted by molar-refractivity contribution is 9.10. The SMILES string of the molecule is COc1cc([C@H]2CC(=O)Nc3ncnn32)c(Br)cc1OCc1ccc(F)cc1. The molecule has 0 saturated heterocycles. The molecule has 4 rings (SSSR count). The molecule has 144 valence electrons. The predicted octanol–water partition coefficient (Wildman–Crippen LogP) is 3.70. The minimum Gasteiger partial charge on any atom is -0.493 e. The number of nitrogens with one attached hydrogen (secondary N) is 1. The van der Waals surface area contributed by atoms with E-state index in [4.69, 9.17) is 9.47 Å². The van der Waals surface area contributed by atoms with Crippen molar-refractivity contribution in [2.75, 3.05) is 12.4 Å². The predicted molar refractivity (Wildman–Crippen MR) is 103 cm³/mol. The van der Waals surface area contributed by atoms with Crippen molar-refractivity contribution in [1.29, 1.82) is 0 Å². The van der Waals surface area contributed by atoms with E-state index in [0.29, 0.717) is 17.4 Å². The first-order valence-corrected chi connectivity index (χ1v) is 9.28. The van der Waals surface area contributed by atoms with Crippen LogP contribution in [0.4, 0.5) is 10.3 Å². The Labute approximate surface area is 168 Å². The molecule has 0 spiro atoms. The van der Waals surface area contributed by atoms with Crippen LogP contribution in [-0.2, 0) is 11.4 Å². The number of benzene rings is 2. The summed E-state index contributed by atoms with van der Waals surface area (Å²) in [7, 11) is 1.55. The van der Waals surface area contributed by atoms with Crippen molar-refractivity contribution in [3.8, 4) is 11.5 Å². The van der Waals surface area contributed by atoms with Gasteiger partial charge in [0.2, 0.25) is 11.9 Å². The molecule has 1 amide bonds. The summed E-state index contributed by atoms with van der Waals surface area (Å²) in [6, 6.07) is 9.40. The van der Waals surface area contributed by atoms with Crippen LogP contribution < -0.4 is 14.8 Å². The number of hydrogen-bond donors (Lipinski definition) is 1. The summed E-state index contributed by atoms with van der Waals surface area (Å²) in [5.74, 6) is 1.03. The fraction of sp³-hybridized carbons (Fsp3) is 0.211. The van der Waals surface area contributed by atoms with Crippen LogP contribution in [-0.4, -0.2) is 27.8 Å². The fourth-order valence-corrected chi connectivity index (χ4v) is 3.65. The lowest BCUT2D eigenvalue weighted by molar-refractivity contribution is -0.117. The van der Waals surface area contributed by atoms with E-state index in [0.717, 1.165) is 15.6 Å². The monoisotopic (exact) mass is 446 g/mol. The van der Waals surface area contributed by atoms with Gasteiger partial charge < -0.3 is 9.47 Å². The Kier molecular flexibility index (Phi) is 4.99. The van der Waals surface area contributed by atoms with Crippen molar-refractivity contribution in [2.45, 2.75) is 19.1 Å². The Hall–Kier alpha value is -2.94. The molecule has 0 saturated carbocycles. The number of halogens is 2. The smallest absolute Gasteiger partial charge is 0.229 e. The molecule has 7 nitrogen and oxygen atoms in total. The van der Waals surface area contributed by atoms with Crippen molar-refractivity contribution in [2.24, 2.45) is 0 Å². The number of fused-ring (bicyclic) bond motifs is 1. The lowest BCUT2D eigenvalue weighted by atomic mass is 10.0. The third kappa shape index (κ3) is 3.57. The Balaban J connectivity index is 1.63. The number of amides is 1. The zero-order valence-corrected chi connectivity index (χ0v) is 16.4. The van der Waals surface area contributed by atoms with E-state index in [-0.39, 0.29) is 30.8 Å². The molecule has 0 unspecified atom stereocenters. The van der Waals surface area contributed by atoms with E-state index in [2.05, 4.69) is 31.3 Å². The highest BCUT2D eigenvalue weighted by atomic mass is 79.9. The molecule has 2 aromatic carbocycles. The average molecular weight is 447 g/mol. The molecular weight excluding hydrogens is 431 g/mol. The van der Waals surface area contributed by atoms with Crippen LogP contribution in [0, 0.1) is 5.82 Å². The Morgan fingerprint density at radius 2 is 2.07 bits per heavy atom. The van der Waals surface area contributed by atoms with E-state index in [1.807, 2.05) is 6.07 Å². The van der Waals surface area contributed by atoms with Gasteiger partial charge >= 0.3 is 0 Å². The van der Waals surface area contributed by atoms with Gasteiger partial charge in [0.15, 0.2) is 11.5 Å². The van der Waals surface area contributed by atoms with Crippen LogP contribution in [0.3, 0.4) is 0 Å². The molecule has 3 aromatic rings. The third-order valence-corrected chi connectivity index (χ3v) is 5.13. The minimum absolute atomic E-state index is 0.131. The molecule has 1 aliphatic heterocycles. The second-order valence-corrected chi connectivity index (χ2v) is 7.09. The zero-order valence-electron chi connectivity index (χ0n) is 14.9. The number of carbonyl (C=O) groups is 1. The largest absolute Gasteiger partial charge is 0.493 e. The van der Waals surface area contributed by atoms with Gasteiger partial charge in [0.1, 0.15) is 18.8 Å². The average Bonchev–Trinajstić information content (AvgIpc) is 3.15. The topological polar surface area (TPSA) is 78.3 Å². The molecule has 0 fully saturated rings. The van der Waals surface area contributed by atoms with Gasteiger partial charge in [0, 0.05) is 4.47 Å². The van der Waals surface area contributed by atoms with Gasteiger partial charge in [0.25, 0.3) is 0 Å².